The van der Waals surface area contributed by atoms with E-state index in [1.807, 2.05) is 19.2 Å². The molecule has 1 aliphatic rings. The number of carboxylic acid groups (broad SMARTS) is 1. The highest BCUT2D eigenvalue weighted by atomic mass is 16.4. The fraction of sp³-hybridized carbons (Fsp3) is 0.643. The summed E-state index contributed by atoms with van der Waals surface area (Å²) < 4.78 is 5.38. The predicted molar refractivity (Wildman–Crippen MR) is 71.9 cm³/mol. The quantitative estimate of drug-likeness (QED) is 0.898. The predicted octanol–water partition coefficient (Wildman–Crippen LogP) is 1.65. The van der Waals surface area contributed by atoms with Gasteiger partial charge in [0.1, 0.15) is 5.76 Å². The van der Waals surface area contributed by atoms with Crippen LogP contribution in [0.5, 0.6) is 0 Å². The summed E-state index contributed by atoms with van der Waals surface area (Å²) in [6, 6.07) is 4.32. The topological polar surface area (TPSA) is 56.9 Å². The zero-order chi connectivity index (χ0) is 13.8. The van der Waals surface area contributed by atoms with Crippen LogP contribution in [-0.4, -0.2) is 53.1 Å². The summed E-state index contributed by atoms with van der Waals surface area (Å²) in [5, 5.41) is 9.04. The Kier molecular flexibility index (Phi) is 4.61. The normalized spacial score (nSPS) is 26.2. The Morgan fingerprint density at radius 2 is 2.37 bits per heavy atom. The first-order valence-corrected chi connectivity index (χ1v) is 6.74. The summed E-state index contributed by atoms with van der Waals surface area (Å²) in [7, 11) is 2.02. The number of aliphatic carboxylic acids is 1. The van der Waals surface area contributed by atoms with Gasteiger partial charge in [0.15, 0.2) is 0 Å². The maximum atomic E-state index is 11.0. The number of hydrogen-bond donors (Lipinski definition) is 1. The smallest absolute Gasteiger partial charge is 0.304 e. The molecule has 1 aromatic heterocycles. The fourth-order valence-corrected chi connectivity index (χ4v) is 2.63. The van der Waals surface area contributed by atoms with Gasteiger partial charge in [0.2, 0.25) is 0 Å². The number of nitrogens with zero attached hydrogens (tertiary/aromatic N) is 2. The molecule has 5 heteroatoms. The highest BCUT2D eigenvalue weighted by Crippen LogP contribution is 2.18. The van der Waals surface area contributed by atoms with Crippen LogP contribution < -0.4 is 0 Å². The molecular formula is C14H22N2O3. The van der Waals surface area contributed by atoms with Crippen LogP contribution in [0.3, 0.4) is 0 Å². The number of likely N-dealkylation sites (N-methyl/N-ethyl adjacent to an activating group) is 1. The van der Waals surface area contributed by atoms with Crippen LogP contribution in [0, 0.1) is 0 Å². The fourth-order valence-electron chi connectivity index (χ4n) is 2.63. The second kappa shape index (κ2) is 6.21. The minimum atomic E-state index is -0.733. The van der Waals surface area contributed by atoms with E-state index in [9.17, 15) is 4.79 Å². The first-order valence-electron chi connectivity index (χ1n) is 6.74. The van der Waals surface area contributed by atoms with Crippen LogP contribution in [0.4, 0.5) is 0 Å². The van der Waals surface area contributed by atoms with Crippen molar-refractivity contribution in [2.24, 2.45) is 0 Å². The van der Waals surface area contributed by atoms with Gasteiger partial charge in [-0.05, 0) is 32.5 Å². The molecule has 106 valence electrons. The Balaban J connectivity index is 2.03. The van der Waals surface area contributed by atoms with E-state index in [0.29, 0.717) is 6.04 Å². The van der Waals surface area contributed by atoms with Crippen LogP contribution in [0.25, 0.3) is 0 Å². The lowest BCUT2D eigenvalue weighted by atomic mass is 10.1. The maximum Gasteiger partial charge on any atom is 0.304 e. The maximum absolute atomic E-state index is 11.0. The summed E-state index contributed by atoms with van der Waals surface area (Å²) in [5.74, 6) is 0.204. The number of furan rings is 1. The molecule has 2 heterocycles. The molecule has 1 aliphatic heterocycles. The average molecular weight is 266 g/mol. The van der Waals surface area contributed by atoms with E-state index in [4.69, 9.17) is 9.52 Å². The van der Waals surface area contributed by atoms with Crippen molar-refractivity contribution in [2.45, 2.75) is 38.4 Å². The van der Waals surface area contributed by atoms with Gasteiger partial charge in [0.05, 0.1) is 19.2 Å². The van der Waals surface area contributed by atoms with Crippen molar-refractivity contribution < 1.29 is 14.3 Å². The molecule has 1 aromatic rings. The molecule has 5 nitrogen and oxygen atoms in total. The molecule has 1 fully saturated rings. The van der Waals surface area contributed by atoms with E-state index < -0.39 is 5.97 Å². The van der Waals surface area contributed by atoms with Gasteiger partial charge in [0.25, 0.3) is 0 Å². The van der Waals surface area contributed by atoms with Crippen LogP contribution in [0.2, 0.25) is 0 Å². The zero-order valence-corrected chi connectivity index (χ0v) is 11.6. The minimum absolute atomic E-state index is 0.0602. The Morgan fingerprint density at radius 3 is 3.00 bits per heavy atom. The number of rotatable bonds is 4. The number of carbonyl (C=O) groups is 1. The molecular weight excluding hydrogens is 244 g/mol. The van der Waals surface area contributed by atoms with Crippen LogP contribution in [-0.2, 0) is 11.3 Å². The molecule has 0 saturated carbocycles. The summed E-state index contributed by atoms with van der Waals surface area (Å²) in [6.45, 7) is 4.66. The molecule has 1 saturated heterocycles. The Labute approximate surface area is 113 Å². The van der Waals surface area contributed by atoms with Crippen molar-refractivity contribution in [3.63, 3.8) is 0 Å². The van der Waals surface area contributed by atoms with Gasteiger partial charge >= 0.3 is 5.97 Å². The first kappa shape index (κ1) is 14.1. The zero-order valence-electron chi connectivity index (χ0n) is 11.6. The molecule has 0 amide bonds. The summed E-state index contributed by atoms with van der Waals surface area (Å²) >= 11 is 0. The van der Waals surface area contributed by atoms with E-state index in [0.717, 1.165) is 31.8 Å². The van der Waals surface area contributed by atoms with Crippen LogP contribution >= 0.6 is 0 Å². The highest BCUT2D eigenvalue weighted by Gasteiger charge is 2.28. The second-order valence-electron chi connectivity index (χ2n) is 5.37. The summed E-state index contributed by atoms with van der Waals surface area (Å²) in [5.41, 5.74) is 0. The lowest BCUT2D eigenvalue weighted by Crippen LogP contribution is -2.42. The van der Waals surface area contributed by atoms with Crippen LogP contribution in [0.15, 0.2) is 22.8 Å². The molecule has 0 aromatic carbocycles. The van der Waals surface area contributed by atoms with Crippen molar-refractivity contribution in [3.8, 4) is 0 Å². The van der Waals surface area contributed by atoms with E-state index in [-0.39, 0.29) is 12.5 Å². The van der Waals surface area contributed by atoms with E-state index in [2.05, 4.69) is 16.7 Å². The summed E-state index contributed by atoms with van der Waals surface area (Å²) in [4.78, 5) is 15.5. The van der Waals surface area contributed by atoms with Crippen molar-refractivity contribution >= 4 is 5.97 Å². The molecule has 2 unspecified atom stereocenters. The third-order valence-electron chi connectivity index (χ3n) is 3.97. The van der Waals surface area contributed by atoms with Gasteiger partial charge in [-0.15, -0.1) is 0 Å². The highest BCUT2D eigenvalue weighted by molar-refractivity contribution is 5.67. The SMILES string of the molecule is CC1CCN(Cc2ccco2)CC(CC(=O)O)N1C. The lowest BCUT2D eigenvalue weighted by Gasteiger charge is -2.30. The van der Waals surface area contributed by atoms with Gasteiger partial charge in [-0.1, -0.05) is 0 Å². The number of hydrogen-bond acceptors (Lipinski definition) is 4. The van der Waals surface area contributed by atoms with Crippen LogP contribution in [0.1, 0.15) is 25.5 Å². The standard InChI is InChI=1S/C14H22N2O3/c1-11-5-6-16(10-13-4-3-7-19-13)9-12(15(11)2)8-14(17)18/h3-4,7,11-12H,5-6,8-10H2,1-2H3,(H,17,18). The number of carboxylic acids is 1. The van der Waals surface area contributed by atoms with Gasteiger partial charge in [-0.3, -0.25) is 14.6 Å². The van der Waals surface area contributed by atoms with Crippen molar-refractivity contribution in [1.29, 1.82) is 0 Å². The molecule has 0 radical (unpaired) electrons. The Morgan fingerprint density at radius 1 is 1.58 bits per heavy atom. The Bertz CT molecular complexity index is 405. The molecule has 0 bridgehead atoms. The minimum Gasteiger partial charge on any atom is -0.481 e. The lowest BCUT2D eigenvalue weighted by molar-refractivity contribution is -0.138. The van der Waals surface area contributed by atoms with Crippen molar-refractivity contribution in [2.75, 3.05) is 20.1 Å². The van der Waals surface area contributed by atoms with E-state index in [1.165, 1.54) is 0 Å². The van der Waals surface area contributed by atoms with Gasteiger partial charge < -0.3 is 9.52 Å². The monoisotopic (exact) mass is 266 g/mol. The first-order chi connectivity index (χ1) is 9.06. The largest absolute Gasteiger partial charge is 0.481 e. The van der Waals surface area contributed by atoms with Gasteiger partial charge in [-0.25, -0.2) is 0 Å². The second-order valence-corrected chi connectivity index (χ2v) is 5.37. The molecule has 0 aliphatic carbocycles. The third-order valence-corrected chi connectivity index (χ3v) is 3.97. The third kappa shape index (κ3) is 3.81. The molecule has 2 atom stereocenters. The van der Waals surface area contributed by atoms with E-state index >= 15 is 0 Å². The Hall–Kier alpha value is -1.33. The average Bonchev–Trinajstić information content (AvgIpc) is 2.81. The van der Waals surface area contributed by atoms with Crippen molar-refractivity contribution in [1.82, 2.24) is 9.80 Å². The molecule has 2 rings (SSSR count). The van der Waals surface area contributed by atoms with Gasteiger partial charge in [0, 0.05) is 25.2 Å². The molecule has 1 N–H and O–H groups in total. The molecule has 0 spiro atoms. The van der Waals surface area contributed by atoms with Crippen molar-refractivity contribution in [3.05, 3.63) is 24.2 Å². The van der Waals surface area contributed by atoms with Gasteiger partial charge in [-0.2, -0.15) is 0 Å². The summed E-state index contributed by atoms with van der Waals surface area (Å²) in [6.07, 6.45) is 2.92. The van der Waals surface area contributed by atoms with E-state index in [1.54, 1.807) is 6.26 Å². The molecule has 19 heavy (non-hydrogen) atoms.